The van der Waals surface area contributed by atoms with Gasteiger partial charge in [-0.1, -0.05) is 44.8 Å². The average Bonchev–Trinajstić information content (AvgIpc) is 3.33. The molecule has 0 amide bonds. The van der Waals surface area contributed by atoms with Gasteiger partial charge in [-0.3, -0.25) is 4.79 Å². The van der Waals surface area contributed by atoms with E-state index in [1.54, 1.807) is 0 Å². The molecule has 2 fully saturated rings. The fourth-order valence-electron chi connectivity index (χ4n) is 5.04. The summed E-state index contributed by atoms with van der Waals surface area (Å²) in [4.78, 5) is 11.2. The van der Waals surface area contributed by atoms with E-state index >= 15 is 0 Å². The van der Waals surface area contributed by atoms with Gasteiger partial charge < -0.3 is 24.4 Å². The van der Waals surface area contributed by atoms with Gasteiger partial charge in [0.15, 0.2) is 5.79 Å². The van der Waals surface area contributed by atoms with Crippen molar-refractivity contribution in [1.29, 1.82) is 0 Å². The Morgan fingerprint density at radius 2 is 1.71 bits per heavy atom. The van der Waals surface area contributed by atoms with Crippen LogP contribution in [0, 0.1) is 11.8 Å². The van der Waals surface area contributed by atoms with Gasteiger partial charge in [-0.2, -0.15) is 0 Å². The van der Waals surface area contributed by atoms with Crippen LogP contribution in [0.15, 0.2) is 12.2 Å². The third-order valence-electron chi connectivity index (χ3n) is 6.91. The highest BCUT2D eigenvalue weighted by Gasteiger charge is 2.43. The number of aliphatic hydroxyl groups is 2. The van der Waals surface area contributed by atoms with E-state index in [4.69, 9.17) is 9.47 Å². The second-order valence-electron chi connectivity index (χ2n) is 9.18. The summed E-state index contributed by atoms with van der Waals surface area (Å²) in [6, 6.07) is 0. The summed E-state index contributed by atoms with van der Waals surface area (Å²) in [6.07, 6.45) is 14.9. The normalized spacial score (nSPS) is 27.9. The van der Waals surface area contributed by atoms with Crippen molar-refractivity contribution in [3.8, 4) is 0 Å². The maximum atomic E-state index is 11.2. The van der Waals surface area contributed by atoms with E-state index in [-0.39, 0.29) is 17.8 Å². The smallest absolute Gasteiger partial charge is 0.305 e. The van der Waals surface area contributed by atoms with Gasteiger partial charge in [0.25, 0.3) is 0 Å². The van der Waals surface area contributed by atoms with Crippen molar-refractivity contribution in [2.75, 3.05) is 20.3 Å². The molecule has 0 aromatic rings. The van der Waals surface area contributed by atoms with Crippen molar-refractivity contribution in [2.45, 2.75) is 108 Å². The summed E-state index contributed by atoms with van der Waals surface area (Å²) in [5.74, 6) is -0.582. The number of carbonyl (C=O) groups is 1. The maximum Gasteiger partial charge on any atom is 0.305 e. The molecule has 2 aliphatic rings. The van der Waals surface area contributed by atoms with Crippen LogP contribution in [0.1, 0.15) is 90.4 Å². The summed E-state index contributed by atoms with van der Waals surface area (Å²) >= 11 is 0. The lowest BCUT2D eigenvalue weighted by atomic mass is 9.85. The Morgan fingerprint density at radius 1 is 1.00 bits per heavy atom. The first-order valence-electron chi connectivity index (χ1n) is 12.4. The number of aliphatic hydroxyl groups excluding tert-OH is 2. The summed E-state index contributed by atoms with van der Waals surface area (Å²) in [7, 11) is 1.41. The number of ether oxygens (including phenoxy) is 3. The van der Waals surface area contributed by atoms with Gasteiger partial charge >= 0.3 is 5.97 Å². The minimum absolute atomic E-state index is 0.0508. The Morgan fingerprint density at radius 3 is 2.42 bits per heavy atom. The van der Waals surface area contributed by atoms with Crippen LogP contribution >= 0.6 is 0 Å². The molecule has 1 unspecified atom stereocenters. The number of hydrogen-bond donors (Lipinski definition) is 2. The average molecular weight is 441 g/mol. The molecular weight excluding hydrogens is 396 g/mol. The first kappa shape index (κ1) is 26.3. The van der Waals surface area contributed by atoms with Crippen molar-refractivity contribution >= 4 is 5.97 Å². The van der Waals surface area contributed by atoms with E-state index < -0.39 is 18.0 Å². The first-order valence-corrected chi connectivity index (χ1v) is 12.4. The Balaban J connectivity index is 1.80. The molecule has 0 radical (unpaired) electrons. The van der Waals surface area contributed by atoms with E-state index in [1.165, 1.54) is 32.8 Å². The molecule has 1 saturated carbocycles. The molecule has 2 N–H and O–H groups in total. The van der Waals surface area contributed by atoms with Gasteiger partial charge in [-0.15, -0.1) is 0 Å². The second-order valence-corrected chi connectivity index (χ2v) is 9.18. The molecule has 1 saturated heterocycles. The molecule has 0 aromatic heterocycles. The molecular formula is C25H44O6. The van der Waals surface area contributed by atoms with Crippen LogP contribution in [0.25, 0.3) is 0 Å². The highest BCUT2D eigenvalue weighted by molar-refractivity contribution is 5.69. The number of allylic oxidation sites excluding steroid dienone is 2. The minimum Gasteiger partial charge on any atom is -0.469 e. The molecule has 0 bridgehead atoms. The van der Waals surface area contributed by atoms with E-state index in [1.807, 2.05) is 0 Å². The molecule has 1 aliphatic carbocycles. The van der Waals surface area contributed by atoms with Gasteiger partial charge in [0, 0.05) is 19.3 Å². The van der Waals surface area contributed by atoms with E-state index in [9.17, 15) is 15.0 Å². The molecule has 31 heavy (non-hydrogen) atoms. The highest BCUT2D eigenvalue weighted by atomic mass is 16.7. The van der Waals surface area contributed by atoms with Gasteiger partial charge in [0.1, 0.15) is 0 Å². The van der Waals surface area contributed by atoms with Crippen LogP contribution in [-0.2, 0) is 19.0 Å². The van der Waals surface area contributed by atoms with Crippen molar-refractivity contribution < 1.29 is 29.2 Å². The standard InChI is InChI=1S/C25H44O6/c1-3-4-5-8-11-15-25(30-17-18-31-25)16-14-21-20(22(26)19-23(21)27)12-9-6-7-10-13-24(28)29-2/h6,9,20-23,26-27H,3-5,7-8,10-19H2,1-2H3/b9-6-/t20?,21-,22+,23-/m1/s1. The third-order valence-corrected chi connectivity index (χ3v) is 6.91. The number of unbranched alkanes of at least 4 members (excludes halogenated alkanes) is 5. The lowest BCUT2D eigenvalue weighted by molar-refractivity contribution is -0.171. The number of hydrogen-bond acceptors (Lipinski definition) is 6. The van der Waals surface area contributed by atoms with Crippen LogP contribution < -0.4 is 0 Å². The van der Waals surface area contributed by atoms with Crippen molar-refractivity contribution in [2.24, 2.45) is 11.8 Å². The maximum absolute atomic E-state index is 11.2. The molecule has 180 valence electrons. The number of carbonyl (C=O) groups excluding carboxylic acids is 1. The Bertz CT molecular complexity index is 528. The van der Waals surface area contributed by atoms with E-state index in [0.717, 1.165) is 44.9 Å². The monoisotopic (exact) mass is 440 g/mol. The zero-order valence-electron chi connectivity index (χ0n) is 19.6. The largest absolute Gasteiger partial charge is 0.469 e. The highest BCUT2D eigenvalue weighted by Crippen LogP contribution is 2.41. The van der Waals surface area contributed by atoms with Crippen molar-refractivity contribution in [3.63, 3.8) is 0 Å². The molecule has 0 aromatic carbocycles. The number of methoxy groups -OCH3 is 1. The molecule has 4 atom stereocenters. The SMILES string of the molecule is CCCCCCCC1(CC[C@@H]2C(C/C=C\CCCC(=O)OC)[C@@H](O)C[C@H]2O)OCCO1. The first-order chi connectivity index (χ1) is 15.0. The van der Waals surface area contributed by atoms with Crippen LogP contribution in [0.4, 0.5) is 0 Å². The van der Waals surface area contributed by atoms with Crippen LogP contribution in [0.5, 0.6) is 0 Å². The van der Waals surface area contributed by atoms with Gasteiger partial charge in [-0.05, 0) is 50.4 Å². The summed E-state index contributed by atoms with van der Waals surface area (Å²) in [5, 5.41) is 21.1. The van der Waals surface area contributed by atoms with Crippen molar-refractivity contribution in [1.82, 2.24) is 0 Å². The van der Waals surface area contributed by atoms with Crippen LogP contribution in [0.2, 0.25) is 0 Å². The van der Waals surface area contributed by atoms with Gasteiger partial charge in [0.05, 0.1) is 32.5 Å². The lowest BCUT2D eigenvalue weighted by Gasteiger charge is -2.31. The van der Waals surface area contributed by atoms with Gasteiger partial charge in [-0.25, -0.2) is 0 Å². The molecule has 2 rings (SSSR count). The van der Waals surface area contributed by atoms with Crippen LogP contribution in [0.3, 0.4) is 0 Å². The van der Waals surface area contributed by atoms with Gasteiger partial charge in [0.2, 0.25) is 0 Å². The quantitative estimate of drug-likeness (QED) is 0.221. The fourth-order valence-corrected chi connectivity index (χ4v) is 5.04. The molecule has 6 nitrogen and oxygen atoms in total. The summed E-state index contributed by atoms with van der Waals surface area (Å²) in [5.41, 5.74) is 0. The van der Waals surface area contributed by atoms with Crippen LogP contribution in [-0.4, -0.2) is 54.5 Å². The predicted octanol–water partition coefficient (Wildman–Crippen LogP) is 4.52. The van der Waals surface area contributed by atoms with E-state index in [0.29, 0.717) is 26.1 Å². The zero-order chi connectivity index (χ0) is 22.5. The topological polar surface area (TPSA) is 85.2 Å². The van der Waals surface area contributed by atoms with Crippen molar-refractivity contribution in [3.05, 3.63) is 12.2 Å². The molecule has 0 spiro atoms. The minimum atomic E-state index is -0.506. The fraction of sp³-hybridized carbons (Fsp3) is 0.880. The molecule has 1 heterocycles. The van der Waals surface area contributed by atoms with E-state index in [2.05, 4.69) is 23.8 Å². The Labute approximate surface area is 188 Å². The second kappa shape index (κ2) is 14.2. The summed E-state index contributed by atoms with van der Waals surface area (Å²) in [6.45, 7) is 3.51. The Kier molecular flexibility index (Phi) is 12.1. The Hall–Kier alpha value is -0.950. The number of esters is 1. The summed E-state index contributed by atoms with van der Waals surface area (Å²) < 4.78 is 16.7. The predicted molar refractivity (Wildman–Crippen MR) is 120 cm³/mol. The lowest BCUT2D eigenvalue weighted by Crippen LogP contribution is -2.33. The molecule has 6 heteroatoms. The zero-order valence-corrected chi connectivity index (χ0v) is 19.6. The molecule has 1 aliphatic heterocycles. The number of rotatable bonds is 15. The third kappa shape index (κ3) is 8.83.